The molecule has 3 aromatic rings. The second kappa shape index (κ2) is 3.52. The van der Waals surface area contributed by atoms with E-state index in [0.717, 1.165) is 5.69 Å². The Hall–Kier alpha value is -1.96. The topological polar surface area (TPSA) is 86.9 Å². The Labute approximate surface area is 101 Å². The number of hydrogen-bond donors (Lipinski definition) is 1. The van der Waals surface area contributed by atoms with Crippen LogP contribution in [0.25, 0.3) is 16.5 Å². The van der Waals surface area contributed by atoms with Gasteiger partial charge in [-0.2, -0.15) is 9.61 Å². The van der Waals surface area contributed by atoms with Gasteiger partial charge in [-0.15, -0.1) is 15.3 Å². The molecule has 0 saturated heterocycles. The van der Waals surface area contributed by atoms with Crippen molar-refractivity contribution in [3.05, 3.63) is 12.3 Å². The highest BCUT2D eigenvalue weighted by molar-refractivity contribution is 7.20. The summed E-state index contributed by atoms with van der Waals surface area (Å²) in [6, 6.07) is 2.15. The van der Waals surface area contributed by atoms with Gasteiger partial charge in [-0.1, -0.05) is 11.3 Å². The molecule has 17 heavy (non-hydrogen) atoms. The van der Waals surface area contributed by atoms with E-state index in [-0.39, 0.29) is 6.04 Å². The molecule has 0 aliphatic rings. The van der Waals surface area contributed by atoms with E-state index in [1.165, 1.54) is 11.3 Å². The first kappa shape index (κ1) is 10.2. The van der Waals surface area contributed by atoms with Crippen LogP contribution in [-0.4, -0.2) is 29.6 Å². The molecule has 0 aliphatic heterocycles. The lowest BCUT2D eigenvalue weighted by molar-refractivity contribution is 0.536. The lowest BCUT2D eigenvalue weighted by atomic mass is 10.3. The molecule has 3 heterocycles. The lowest BCUT2D eigenvalue weighted by Crippen LogP contribution is -2.06. The van der Waals surface area contributed by atoms with E-state index >= 15 is 0 Å². The molecule has 0 radical (unpaired) electrons. The van der Waals surface area contributed by atoms with Crippen LogP contribution in [0.15, 0.2) is 12.3 Å². The smallest absolute Gasteiger partial charge is 0.236 e. The predicted octanol–water partition coefficient (Wildman–Crippen LogP) is 1.21. The highest BCUT2D eigenvalue weighted by atomic mass is 32.1. The Kier molecular flexibility index (Phi) is 2.11. The van der Waals surface area contributed by atoms with Crippen LogP contribution in [-0.2, 0) is 0 Å². The van der Waals surface area contributed by atoms with Gasteiger partial charge >= 0.3 is 0 Å². The maximum Gasteiger partial charge on any atom is 0.236 e. The molecule has 0 atom stereocenters. The summed E-state index contributed by atoms with van der Waals surface area (Å²) in [5.41, 5.74) is 6.54. The van der Waals surface area contributed by atoms with Gasteiger partial charge in [0.25, 0.3) is 0 Å². The van der Waals surface area contributed by atoms with Crippen LogP contribution in [0.5, 0.6) is 0 Å². The summed E-state index contributed by atoms with van der Waals surface area (Å²) in [5, 5.41) is 17.1. The van der Waals surface area contributed by atoms with E-state index in [1.54, 1.807) is 10.7 Å². The van der Waals surface area contributed by atoms with Crippen molar-refractivity contribution in [2.45, 2.75) is 19.9 Å². The second-order valence-corrected chi connectivity index (χ2v) is 4.90. The van der Waals surface area contributed by atoms with Gasteiger partial charge < -0.3 is 5.73 Å². The maximum absolute atomic E-state index is 5.65. The molecule has 2 N–H and O–H groups in total. The number of nitrogens with zero attached hydrogens (tertiary/aromatic N) is 6. The molecule has 0 unspecified atom stereocenters. The standard InChI is InChI=1S/C9H11N7S/c1-5(2)15-6(3-4-11-15)7-12-13-9-16(7)14-8(10)17-9/h3-5H,1-2H3,(H2,10,14). The first-order valence-corrected chi connectivity index (χ1v) is 6.00. The van der Waals surface area contributed by atoms with Crippen molar-refractivity contribution >= 4 is 21.4 Å². The first-order valence-electron chi connectivity index (χ1n) is 5.18. The van der Waals surface area contributed by atoms with Gasteiger partial charge in [-0.3, -0.25) is 4.68 Å². The summed E-state index contributed by atoms with van der Waals surface area (Å²) in [4.78, 5) is 0.689. The van der Waals surface area contributed by atoms with E-state index in [4.69, 9.17) is 5.73 Å². The predicted molar refractivity (Wildman–Crippen MR) is 64.7 cm³/mol. The molecule has 88 valence electrons. The largest absolute Gasteiger partial charge is 0.374 e. The van der Waals surface area contributed by atoms with Crippen LogP contribution in [0.1, 0.15) is 19.9 Å². The zero-order valence-corrected chi connectivity index (χ0v) is 10.2. The third-order valence-electron chi connectivity index (χ3n) is 2.40. The van der Waals surface area contributed by atoms with E-state index in [0.29, 0.717) is 15.9 Å². The Balaban J connectivity index is 2.23. The molecular formula is C9H11N7S. The van der Waals surface area contributed by atoms with Gasteiger partial charge in [0.15, 0.2) is 0 Å². The highest BCUT2D eigenvalue weighted by Crippen LogP contribution is 2.23. The van der Waals surface area contributed by atoms with Crippen molar-refractivity contribution < 1.29 is 0 Å². The number of nitrogens with two attached hydrogens (primary N) is 1. The molecule has 0 fully saturated rings. The average Bonchev–Trinajstić information content (AvgIpc) is 2.90. The lowest BCUT2D eigenvalue weighted by Gasteiger charge is -2.08. The second-order valence-electron chi connectivity index (χ2n) is 3.91. The van der Waals surface area contributed by atoms with Gasteiger partial charge in [-0.25, -0.2) is 0 Å². The minimum atomic E-state index is 0.253. The van der Waals surface area contributed by atoms with Crippen molar-refractivity contribution in [1.82, 2.24) is 29.6 Å². The summed E-state index contributed by atoms with van der Waals surface area (Å²) >= 11 is 1.31. The molecule has 0 bridgehead atoms. The van der Waals surface area contributed by atoms with Crippen LogP contribution in [0.2, 0.25) is 0 Å². The minimum absolute atomic E-state index is 0.253. The molecule has 0 amide bonds. The number of nitrogen functional groups attached to an aromatic ring is 1. The third-order valence-corrected chi connectivity index (χ3v) is 3.12. The van der Waals surface area contributed by atoms with Crippen LogP contribution in [0, 0.1) is 0 Å². The number of anilines is 1. The van der Waals surface area contributed by atoms with Crippen LogP contribution in [0.4, 0.5) is 5.13 Å². The van der Waals surface area contributed by atoms with E-state index in [2.05, 4.69) is 34.2 Å². The normalized spacial score (nSPS) is 11.7. The van der Waals surface area contributed by atoms with Crippen LogP contribution < -0.4 is 5.73 Å². The number of aromatic nitrogens is 6. The number of fused-ring (bicyclic) bond motifs is 1. The molecule has 3 rings (SSSR count). The van der Waals surface area contributed by atoms with Crippen LogP contribution >= 0.6 is 11.3 Å². The quantitative estimate of drug-likeness (QED) is 0.737. The average molecular weight is 249 g/mol. The molecular weight excluding hydrogens is 238 g/mol. The van der Waals surface area contributed by atoms with Crippen molar-refractivity contribution in [2.24, 2.45) is 0 Å². The highest BCUT2D eigenvalue weighted by Gasteiger charge is 2.16. The van der Waals surface area contributed by atoms with Gasteiger partial charge in [0.05, 0.1) is 0 Å². The summed E-state index contributed by atoms with van der Waals surface area (Å²) in [7, 11) is 0. The zero-order valence-electron chi connectivity index (χ0n) is 9.40. The van der Waals surface area contributed by atoms with Crippen molar-refractivity contribution in [3.8, 4) is 11.5 Å². The van der Waals surface area contributed by atoms with Gasteiger partial charge in [-0.05, 0) is 19.9 Å². The monoisotopic (exact) mass is 249 g/mol. The Morgan fingerprint density at radius 2 is 2.18 bits per heavy atom. The number of hydrogen-bond acceptors (Lipinski definition) is 6. The maximum atomic E-state index is 5.65. The SMILES string of the molecule is CC(C)n1nccc1-c1nnc2sc(N)nn12. The van der Waals surface area contributed by atoms with E-state index in [1.807, 2.05) is 10.7 Å². The summed E-state index contributed by atoms with van der Waals surface area (Å²) in [5.74, 6) is 0.666. The third kappa shape index (κ3) is 1.48. The van der Waals surface area contributed by atoms with Gasteiger partial charge in [0.1, 0.15) is 5.69 Å². The molecule has 0 aromatic carbocycles. The Morgan fingerprint density at radius 1 is 1.35 bits per heavy atom. The van der Waals surface area contributed by atoms with Crippen LogP contribution in [0.3, 0.4) is 0 Å². The summed E-state index contributed by atoms with van der Waals surface area (Å²) in [6.45, 7) is 4.12. The minimum Gasteiger partial charge on any atom is -0.374 e. The molecule has 0 aliphatic carbocycles. The first-order chi connectivity index (χ1) is 8.16. The Morgan fingerprint density at radius 3 is 2.94 bits per heavy atom. The van der Waals surface area contributed by atoms with E-state index < -0.39 is 0 Å². The van der Waals surface area contributed by atoms with Gasteiger partial charge in [0, 0.05) is 12.2 Å². The molecule has 0 saturated carbocycles. The fourth-order valence-electron chi connectivity index (χ4n) is 1.69. The van der Waals surface area contributed by atoms with Crippen molar-refractivity contribution in [2.75, 3.05) is 5.73 Å². The molecule has 7 nitrogen and oxygen atoms in total. The van der Waals surface area contributed by atoms with Crippen molar-refractivity contribution in [3.63, 3.8) is 0 Å². The van der Waals surface area contributed by atoms with Crippen molar-refractivity contribution in [1.29, 1.82) is 0 Å². The fraction of sp³-hybridized carbons (Fsp3) is 0.333. The molecule has 8 heteroatoms. The zero-order chi connectivity index (χ0) is 12.0. The molecule has 3 aromatic heterocycles. The summed E-state index contributed by atoms with van der Waals surface area (Å²) in [6.07, 6.45) is 1.74. The number of rotatable bonds is 2. The van der Waals surface area contributed by atoms with E-state index in [9.17, 15) is 0 Å². The van der Waals surface area contributed by atoms with Gasteiger partial charge in [0.2, 0.25) is 15.9 Å². The summed E-state index contributed by atoms with van der Waals surface area (Å²) < 4.78 is 3.53. The molecule has 0 spiro atoms. The Bertz CT molecular complexity index is 662. The fourth-order valence-corrected chi connectivity index (χ4v) is 2.30.